The molecule has 4 N–H and O–H groups in total. The van der Waals surface area contributed by atoms with Crippen LogP contribution in [-0.4, -0.2) is 28.3 Å². The summed E-state index contributed by atoms with van der Waals surface area (Å²) in [5.41, 5.74) is 0.586. The summed E-state index contributed by atoms with van der Waals surface area (Å²) >= 11 is 5.60. The summed E-state index contributed by atoms with van der Waals surface area (Å²) in [6.07, 6.45) is 7.97. The largest absolute Gasteiger partial charge is 0.360 e. The van der Waals surface area contributed by atoms with Crippen molar-refractivity contribution < 1.29 is 5.32 Å². The highest BCUT2D eigenvalue weighted by molar-refractivity contribution is 7.80. The summed E-state index contributed by atoms with van der Waals surface area (Å²) in [6.45, 7) is 9.37. The smallest absolute Gasteiger partial charge is 0.166 e. The normalized spacial score (nSPS) is 37.4. The van der Waals surface area contributed by atoms with Crippen LogP contribution in [0.15, 0.2) is 0 Å². The molecular weight excluding hydrogens is 278 g/mol. The summed E-state index contributed by atoms with van der Waals surface area (Å²) in [5, 5.41) is 10.7. The zero-order chi connectivity index (χ0) is 15.3. The zero-order valence-corrected chi connectivity index (χ0v) is 14.9. The minimum Gasteiger partial charge on any atom is -0.360 e. The predicted octanol–water partition coefficient (Wildman–Crippen LogP) is 1.92. The van der Waals surface area contributed by atoms with E-state index in [0.29, 0.717) is 23.2 Å². The van der Waals surface area contributed by atoms with Gasteiger partial charge in [0.25, 0.3) is 0 Å². The number of quaternary nitrogens is 1. The summed E-state index contributed by atoms with van der Waals surface area (Å²) < 4.78 is 0. The fraction of sp³-hybridized carbons (Fsp3) is 0.941. The van der Waals surface area contributed by atoms with Gasteiger partial charge in [0, 0.05) is 24.9 Å². The van der Waals surface area contributed by atoms with Crippen LogP contribution >= 0.6 is 12.2 Å². The molecule has 3 fully saturated rings. The van der Waals surface area contributed by atoms with E-state index in [4.69, 9.17) is 12.2 Å². The van der Waals surface area contributed by atoms with E-state index in [1.165, 1.54) is 38.5 Å². The van der Waals surface area contributed by atoms with E-state index in [1.54, 1.807) is 0 Å². The molecule has 1 aliphatic heterocycles. The van der Waals surface area contributed by atoms with Gasteiger partial charge >= 0.3 is 0 Å². The number of nitrogens with two attached hydrogens (primary N) is 1. The van der Waals surface area contributed by atoms with E-state index in [1.807, 2.05) is 0 Å². The molecule has 2 bridgehead atoms. The Balaban J connectivity index is 1.52. The van der Waals surface area contributed by atoms with Gasteiger partial charge in [-0.05, 0) is 71.0 Å². The molecule has 1 saturated heterocycles. The average Bonchev–Trinajstić information content (AvgIpc) is 2.85. The van der Waals surface area contributed by atoms with Gasteiger partial charge in [-0.15, -0.1) is 0 Å². The lowest BCUT2D eigenvalue weighted by molar-refractivity contribution is -0.787. The van der Waals surface area contributed by atoms with E-state index >= 15 is 0 Å². The fourth-order valence-electron chi connectivity index (χ4n) is 5.44. The highest BCUT2D eigenvalue weighted by Gasteiger charge is 2.43. The Morgan fingerprint density at radius 3 is 2.19 bits per heavy atom. The van der Waals surface area contributed by atoms with Crippen molar-refractivity contribution in [3.8, 4) is 0 Å². The standard InChI is InChI=1S/C17H31N3S/c1-16(2)9-13(10-17(3,4)20-16)18-15(21)19-14-8-11-5-6-12(14)7-11/h11-14,20H,5-10H2,1-4H3,(H2,18,19,21)/p+1/t11-,12+,14-/m0/s1. The summed E-state index contributed by atoms with van der Waals surface area (Å²) in [6, 6.07) is 1.14. The molecule has 2 aliphatic carbocycles. The quantitative estimate of drug-likeness (QED) is 0.683. The summed E-state index contributed by atoms with van der Waals surface area (Å²) in [7, 11) is 0. The van der Waals surface area contributed by atoms with Crippen LogP contribution in [0.1, 0.15) is 66.2 Å². The van der Waals surface area contributed by atoms with Crippen molar-refractivity contribution in [3.05, 3.63) is 0 Å². The van der Waals surface area contributed by atoms with Gasteiger partial charge in [0.1, 0.15) is 0 Å². The highest BCUT2D eigenvalue weighted by atomic mass is 32.1. The Morgan fingerprint density at radius 2 is 1.67 bits per heavy atom. The Bertz CT molecular complexity index is 402. The molecule has 3 rings (SSSR count). The van der Waals surface area contributed by atoms with Crippen LogP contribution in [0.5, 0.6) is 0 Å². The molecule has 0 radical (unpaired) electrons. The number of hydrogen-bond donors (Lipinski definition) is 3. The monoisotopic (exact) mass is 310 g/mol. The lowest BCUT2D eigenvalue weighted by Crippen LogP contribution is -3.06. The molecule has 21 heavy (non-hydrogen) atoms. The highest BCUT2D eigenvalue weighted by Crippen LogP contribution is 2.44. The predicted molar refractivity (Wildman–Crippen MR) is 91.2 cm³/mol. The van der Waals surface area contributed by atoms with Gasteiger partial charge in [-0.2, -0.15) is 0 Å². The molecule has 3 nitrogen and oxygen atoms in total. The van der Waals surface area contributed by atoms with E-state index in [0.717, 1.165) is 16.9 Å². The third kappa shape index (κ3) is 3.70. The topological polar surface area (TPSA) is 40.7 Å². The molecule has 3 atom stereocenters. The van der Waals surface area contributed by atoms with Crippen molar-refractivity contribution in [2.45, 2.75) is 89.4 Å². The van der Waals surface area contributed by atoms with Crippen molar-refractivity contribution in [2.24, 2.45) is 11.8 Å². The van der Waals surface area contributed by atoms with Gasteiger partial charge in [0.2, 0.25) is 0 Å². The number of thiocarbonyl (C=S) groups is 1. The number of fused-ring (bicyclic) bond motifs is 2. The van der Waals surface area contributed by atoms with Crippen LogP contribution in [0.25, 0.3) is 0 Å². The second kappa shape index (κ2) is 5.38. The van der Waals surface area contributed by atoms with Crippen LogP contribution in [0.4, 0.5) is 0 Å². The molecular formula is C17H32N3S+. The summed E-state index contributed by atoms with van der Waals surface area (Å²) in [4.78, 5) is 0. The second-order valence-electron chi connectivity index (χ2n) is 9.13. The maximum absolute atomic E-state index is 5.60. The van der Waals surface area contributed by atoms with Gasteiger partial charge < -0.3 is 16.0 Å². The first-order chi connectivity index (χ1) is 9.72. The van der Waals surface area contributed by atoms with E-state index in [-0.39, 0.29) is 0 Å². The number of nitrogens with one attached hydrogen (secondary N) is 2. The van der Waals surface area contributed by atoms with Crippen LogP contribution in [-0.2, 0) is 0 Å². The third-order valence-electron chi connectivity index (χ3n) is 5.72. The van der Waals surface area contributed by atoms with E-state index < -0.39 is 0 Å². The molecule has 0 spiro atoms. The average molecular weight is 311 g/mol. The fourth-order valence-corrected chi connectivity index (χ4v) is 5.75. The summed E-state index contributed by atoms with van der Waals surface area (Å²) in [5.74, 6) is 1.85. The van der Waals surface area contributed by atoms with Gasteiger partial charge in [-0.25, -0.2) is 0 Å². The molecule has 0 aromatic heterocycles. The van der Waals surface area contributed by atoms with Crippen LogP contribution < -0.4 is 16.0 Å². The van der Waals surface area contributed by atoms with Crippen LogP contribution in [0.2, 0.25) is 0 Å². The van der Waals surface area contributed by atoms with Crippen molar-refractivity contribution in [1.82, 2.24) is 10.6 Å². The van der Waals surface area contributed by atoms with Crippen molar-refractivity contribution >= 4 is 17.3 Å². The number of hydrogen-bond acceptors (Lipinski definition) is 1. The van der Waals surface area contributed by atoms with Gasteiger partial charge in [-0.3, -0.25) is 0 Å². The third-order valence-corrected chi connectivity index (χ3v) is 5.95. The Kier molecular flexibility index (Phi) is 3.98. The Hall–Kier alpha value is -0.350. The van der Waals surface area contributed by atoms with Crippen LogP contribution in [0, 0.1) is 11.8 Å². The first kappa shape index (κ1) is 15.5. The molecule has 0 aromatic carbocycles. The molecule has 0 aromatic rings. The van der Waals surface area contributed by atoms with E-state index in [9.17, 15) is 0 Å². The van der Waals surface area contributed by atoms with Gasteiger partial charge in [0.15, 0.2) is 5.11 Å². The maximum Gasteiger partial charge on any atom is 0.166 e. The van der Waals surface area contributed by atoms with Gasteiger partial charge in [0.05, 0.1) is 11.1 Å². The SMILES string of the molecule is CC1(C)CC(NC(=S)N[C@H]2C[C@H]3CC[C@@H]2C3)CC(C)(C)[NH2+]1. The Labute approximate surface area is 135 Å². The zero-order valence-electron chi connectivity index (χ0n) is 14.0. The Morgan fingerprint density at radius 1 is 1.00 bits per heavy atom. The minimum atomic E-state index is 0.293. The first-order valence-electron chi connectivity index (χ1n) is 8.67. The lowest BCUT2D eigenvalue weighted by atomic mass is 9.80. The van der Waals surface area contributed by atoms with Crippen molar-refractivity contribution in [3.63, 3.8) is 0 Å². The van der Waals surface area contributed by atoms with Crippen molar-refractivity contribution in [2.75, 3.05) is 0 Å². The molecule has 3 aliphatic rings. The van der Waals surface area contributed by atoms with Crippen molar-refractivity contribution in [1.29, 1.82) is 0 Å². The first-order valence-corrected chi connectivity index (χ1v) is 9.07. The molecule has 0 unspecified atom stereocenters. The molecule has 1 heterocycles. The van der Waals surface area contributed by atoms with E-state index in [2.05, 4.69) is 43.6 Å². The molecule has 2 saturated carbocycles. The van der Waals surface area contributed by atoms with Gasteiger partial charge in [-0.1, -0.05) is 6.42 Å². The number of rotatable bonds is 2. The van der Waals surface area contributed by atoms with Crippen LogP contribution in [0.3, 0.4) is 0 Å². The lowest BCUT2D eigenvalue weighted by Gasteiger charge is -2.43. The number of piperidine rings is 1. The molecule has 120 valence electrons. The molecule has 0 amide bonds. The second-order valence-corrected chi connectivity index (χ2v) is 9.53. The minimum absolute atomic E-state index is 0.293. The maximum atomic E-state index is 5.60. The molecule has 4 heteroatoms.